The summed E-state index contributed by atoms with van der Waals surface area (Å²) in [7, 11) is 0. The van der Waals surface area contributed by atoms with Crippen molar-refractivity contribution >= 4 is 0 Å². The fourth-order valence-corrected chi connectivity index (χ4v) is 2.67. The molecule has 4 nitrogen and oxygen atoms in total. The first-order valence-corrected chi connectivity index (χ1v) is 6.61. The average molecular weight is 256 g/mol. The normalized spacial score (nSPS) is 25.0. The van der Waals surface area contributed by atoms with Gasteiger partial charge in [0.25, 0.3) is 0 Å². The topological polar surface area (TPSA) is 42.7 Å². The molecule has 0 spiro atoms. The number of aromatic nitrogens is 3. The number of hydrogen-bond acceptors (Lipinski definition) is 3. The van der Waals surface area contributed by atoms with Gasteiger partial charge in [-0.2, -0.15) is 0 Å². The fourth-order valence-electron chi connectivity index (χ4n) is 2.67. The van der Waals surface area contributed by atoms with Crippen molar-refractivity contribution in [3.05, 3.63) is 11.9 Å². The molecule has 100 valence electrons. The van der Waals surface area contributed by atoms with Crippen LogP contribution in [0.25, 0.3) is 0 Å². The molecule has 18 heavy (non-hydrogen) atoms. The lowest BCUT2D eigenvalue weighted by atomic mass is 9.85. The predicted molar refractivity (Wildman–Crippen MR) is 62.5 cm³/mol. The second-order valence-electron chi connectivity index (χ2n) is 5.52. The monoisotopic (exact) mass is 256 g/mol. The third-order valence-electron chi connectivity index (χ3n) is 4.00. The first kappa shape index (κ1) is 12.0. The van der Waals surface area contributed by atoms with Crippen molar-refractivity contribution in [1.29, 1.82) is 0 Å². The second kappa shape index (κ2) is 4.57. The van der Waals surface area contributed by atoms with E-state index in [-0.39, 0.29) is 18.8 Å². The van der Waals surface area contributed by atoms with E-state index in [1.54, 1.807) is 0 Å². The Labute approximate surface area is 105 Å². The van der Waals surface area contributed by atoms with Crippen LogP contribution < -0.4 is 5.32 Å². The maximum absolute atomic E-state index is 13.1. The molecule has 0 unspecified atom stereocenters. The van der Waals surface area contributed by atoms with Crippen molar-refractivity contribution in [2.75, 3.05) is 13.1 Å². The zero-order valence-corrected chi connectivity index (χ0v) is 10.3. The van der Waals surface area contributed by atoms with Crippen LogP contribution in [0.2, 0.25) is 0 Å². The molecule has 2 fully saturated rings. The number of halogens is 2. The second-order valence-corrected chi connectivity index (χ2v) is 5.52. The molecule has 1 N–H and O–H groups in total. The molecule has 1 aliphatic heterocycles. The molecule has 6 heteroatoms. The Morgan fingerprint density at radius 3 is 2.67 bits per heavy atom. The van der Waals surface area contributed by atoms with Gasteiger partial charge in [0.05, 0.1) is 5.69 Å². The Balaban J connectivity index is 1.59. The summed E-state index contributed by atoms with van der Waals surface area (Å²) in [5.74, 6) is -1.67. The van der Waals surface area contributed by atoms with Crippen LogP contribution >= 0.6 is 0 Å². The Morgan fingerprint density at radius 1 is 1.33 bits per heavy atom. The third kappa shape index (κ3) is 2.53. The molecule has 0 aromatic carbocycles. The van der Waals surface area contributed by atoms with Crippen molar-refractivity contribution in [2.45, 2.75) is 44.1 Å². The molecule has 0 radical (unpaired) electrons. The summed E-state index contributed by atoms with van der Waals surface area (Å²) in [5, 5.41) is 11.5. The smallest absolute Gasteiger partial charge is 0.248 e. The van der Waals surface area contributed by atoms with Crippen LogP contribution in [0.15, 0.2) is 6.20 Å². The van der Waals surface area contributed by atoms with E-state index in [0.29, 0.717) is 18.8 Å². The molecule has 0 amide bonds. The van der Waals surface area contributed by atoms with E-state index < -0.39 is 5.92 Å². The van der Waals surface area contributed by atoms with Gasteiger partial charge < -0.3 is 5.32 Å². The van der Waals surface area contributed by atoms with Crippen LogP contribution in [0.1, 0.15) is 37.3 Å². The highest BCUT2D eigenvalue weighted by molar-refractivity contribution is 5.04. The molecular weight excluding hydrogens is 238 g/mol. The van der Waals surface area contributed by atoms with Gasteiger partial charge in [-0.25, -0.2) is 8.78 Å². The summed E-state index contributed by atoms with van der Waals surface area (Å²) >= 11 is 0. The minimum Gasteiger partial charge on any atom is -0.316 e. The maximum atomic E-state index is 13.1. The number of nitrogens with one attached hydrogen (secondary N) is 1. The van der Waals surface area contributed by atoms with E-state index in [1.807, 2.05) is 10.9 Å². The summed E-state index contributed by atoms with van der Waals surface area (Å²) in [6.07, 6.45) is 2.95. The van der Waals surface area contributed by atoms with Crippen molar-refractivity contribution in [1.82, 2.24) is 20.3 Å². The highest BCUT2D eigenvalue weighted by Crippen LogP contribution is 2.40. The van der Waals surface area contributed by atoms with Crippen LogP contribution in [0.4, 0.5) is 8.78 Å². The maximum Gasteiger partial charge on any atom is 0.248 e. The predicted octanol–water partition coefficient (Wildman–Crippen LogP) is 1.79. The van der Waals surface area contributed by atoms with Crippen LogP contribution in [0.5, 0.6) is 0 Å². The number of rotatable bonds is 3. The Kier molecular flexibility index (Phi) is 3.05. The average Bonchev–Trinajstić information content (AvgIpc) is 2.72. The molecule has 2 heterocycles. The van der Waals surface area contributed by atoms with Gasteiger partial charge in [0.15, 0.2) is 0 Å². The summed E-state index contributed by atoms with van der Waals surface area (Å²) in [6.45, 7) is 2.94. The van der Waals surface area contributed by atoms with E-state index >= 15 is 0 Å². The van der Waals surface area contributed by atoms with Gasteiger partial charge >= 0.3 is 0 Å². The molecule has 1 saturated heterocycles. The molecular formula is C12H18F2N4. The van der Waals surface area contributed by atoms with E-state index in [9.17, 15) is 8.78 Å². The van der Waals surface area contributed by atoms with Gasteiger partial charge in [-0.1, -0.05) is 5.21 Å². The quantitative estimate of drug-likeness (QED) is 0.896. The molecule has 2 aliphatic rings. The fraction of sp³-hybridized carbons (Fsp3) is 0.833. The number of hydrogen-bond donors (Lipinski definition) is 1. The SMILES string of the molecule is FC1(F)CCC(c2cn(CC3CNC3)nn2)CC1. The van der Waals surface area contributed by atoms with E-state index in [4.69, 9.17) is 0 Å². The van der Waals surface area contributed by atoms with E-state index in [1.165, 1.54) is 0 Å². The highest BCUT2D eigenvalue weighted by Gasteiger charge is 2.36. The summed E-state index contributed by atoms with van der Waals surface area (Å²) in [6, 6.07) is 0. The molecule has 1 saturated carbocycles. The van der Waals surface area contributed by atoms with Crippen LogP contribution in [0.3, 0.4) is 0 Å². The lowest BCUT2D eigenvalue weighted by Gasteiger charge is -2.27. The minimum absolute atomic E-state index is 0.0168. The minimum atomic E-state index is -2.47. The summed E-state index contributed by atoms with van der Waals surface area (Å²) in [4.78, 5) is 0. The van der Waals surface area contributed by atoms with Gasteiger partial charge in [-0.15, -0.1) is 5.10 Å². The van der Waals surface area contributed by atoms with Crippen LogP contribution in [-0.4, -0.2) is 34.0 Å². The van der Waals surface area contributed by atoms with Gasteiger partial charge in [0.2, 0.25) is 5.92 Å². The van der Waals surface area contributed by atoms with Gasteiger partial charge in [-0.05, 0) is 12.8 Å². The largest absolute Gasteiger partial charge is 0.316 e. The molecule has 0 atom stereocenters. The molecule has 3 rings (SSSR count). The van der Waals surface area contributed by atoms with Crippen molar-refractivity contribution < 1.29 is 8.78 Å². The number of alkyl halides is 2. The van der Waals surface area contributed by atoms with Gasteiger partial charge in [-0.3, -0.25) is 4.68 Å². The van der Waals surface area contributed by atoms with Crippen LogP contribution in [-0.2, 0) is 6.54 Å². The molecule has 1 aromatic heterocycles. The third-order valence-corrected chi connectivity index (χ3v) is 4.00. The standard InChI is InChI=1S/C12H18F2N4/c13-12(14)3-1-10(2-4-12)11-8-18(17-16-11)7-9-5-15-6-9/h8-10,15H,1-7H2. The molecule has 1 aromatic rings. The zero-order valence-electron chi connectivity index (χ0n) is 10.3. The van der Waals surface area contributed by atoms with Crippen molar-refractivity contribution in [3.8, 4) is 0 Å². The number of nitrogens with zero attached hydrogens (tertiary/aromatic N) is 3. The summed E-state index contributed by atoms with van der Waals surface area (Å²) < 4.78 is 28.0. The molecule has 1 aliphatic carbocycles. The van der Waals surface area contributed by atoms with Crippen molar-refractivity contribution in [3.63, 3.8) is 0 Å². The van der Waals surface area contributed by atoms with Crippen LogP contribution in [0, 0.1) is 5.92 Å². The first-order valence-electron chi connectivity index (χ1n) is 6.61. The Bertz CT molecular complexity index is 404. The lowest BCUT2D eigenvalue weighted by molar-refractivity contribution is -0.0384. The van der Waals surface area contributed by atoms with Gasteiger partial charge in [0.1, 0.15) is 0 Å². The first-order chi connectivity index (χ1) is 8.62. The lowest BCUT2D eigenvalue weighted by Crippen LogP contribution is -2.44. The Hall–Kier alpha value is -1.04. The highest BCUT2D eigenvalue weighted by atomic mass is 19.3. The Morgan fingerprint density at radius 2 is 2.06 bits per heavy atom. The van der Waals surface area contributed by atoms with Gasteiger partial charge in [0, 0.05) is 50.5 Å². The zero-order chi connectivity index (χ0) is 12.6. The molecule has 0 bridgehead atoms. The summed E-state index contributed by atoms with van der Waals surface area (Å²) in [5.41, 5.74) is 0.887. The van der Waals surface area contributed by atoms with E-state index in [0.717, 1.165) is 25.3 Å². The van der Waals surface area contributed by atoms with Crippen molar-refractivity contribution in [2.24, 2.45) is 5.92 Å². The van der Waals surface area contributed by atoms with E-state index in [2.05, 4.69) is 15.6 Å².